The molecule has 1 unspecified atom stereocenters. The van der Waals surface area contributed by atoms with Crippen LogP contribution in [-0.2, 0) is 0 Å². The van der Waals surface area contributed by atoms with Gasteiger partial charge in [0.05, 0.1) is 0 Å². The molecule has 2 rings (SSSR count). The van der Waals surface area contributed by atoms with Crippen molar-refractivity contribution in [2.75, 3.05) is 26.0 Å². The number of anilines is 1. The van der Waals surface area contributed by atoms with Gasteiger partial charge in [0, 0.05) is 29.5 Å². The normalized spacial score (nSPS) is 12.4. The molecule has 0 aliphatic heterocycles. The van der Waals surface area contributed by atoms with Crippen molar-refractivity contribution in [2.45, 2.75) is 22.2 Å². The van der Waals surface area contributed by atoms with Gasteiger partial charge in [0.2, 0.25) is 5.13 Å². The largest absolute Gasteiger partial charge is 0.353 e. The molecule has 0 spiro atoms. The Morgan fingerprint density at radius 3 is 2.70 bits per heavy atom. The molecule has 0 aliphatic rings. The lowest BCUT2D eigenvalue weighted by atomic mass is 10.1. The van der Waals surface area contributed by atoms with Gasteiger partial charge in [0.1, 0.15) is 0 Å². The van der Waals surface area contributed by atoms with E-state index in [4.69, 9.17) is 0 Å². The highest BCUT2D eigenvalue weighted by atomic mass is 79.9. The molecule has 1 aromatic carbocycles. The van der Waals surface area contributed by atoms with Crippen LogP contribution in [0.5, 0.6) is 0 Å². The molecular formula is C13H17BrN4S2. The summed E-state index contributed by atoms with van der Waals surface area (Å²) in [6.45, 7) is 2.15. The molecule has 1 N–H and O–H groups in total. The number of halogens is 1. The lowest BCUT2D eigenvalue weighted by molar-refractivity contribution is 0.641. The SMILES string of the molecule is CNC(C)c1ccc(Br)cc1Sc1nnc(N(C)C)s1. The number of nitrogens with zero attached hydrogens (tertiary/aromatic N) is 3. The molecular weight excluding hydrogens is 356 g/mol. The van der Waals surface area contributed by atoms with E-state index in [9.17, 15) is 0 Å². The molecule has 2 aromatic rings. The summed E-state index contributed by atoms with van der Waals surface area (Å²) in [6, 6.07) is 6.64. The Labute approximate surface area is 136 Å². The fourth-order valence-corrected chi connectivity index (χ4v) is 4.12. The van der Waals surface area contributed by atoms with Crippen molar-refractivity contribution in [1.29, 1.82) is 0 Å². The summed E-state index contributed by atoms with van der Waals surface area (Å²) in [5, 5.41) is 12.6. The second-order valence-corrected chi connectivity index (χ2v) is 7.70. The van der Waals surface area contributed by atoms with E-state index >= 15 is 0 Å². The van der Waals surface area contributed by atoms with E-state index in [1.54, 1.807) is 23.1 Å². The predicted octanol–water partition coefficient (Wildman–Crippen LogP) is 3.80. The minimum atomic E-state index is 0.298. The highest BCUT2D eigenvalue weighted by Crippen LogP contribution is 2.37. The maximum atomic E-state index is 4.24. The summed E-state index contributed by atoms with van der Waals surface area (Å²) in [6.07, 6.45) is 0. The fraction of sp³-hybridized carbons (Fsp3) is 0.385. The first-order chi connectivity index (χ1) is 9.51. The summed E-state index contributed by atoms with van der Waals surface area (Å²) in [4.78, 5) is 3.17. The van der Waals surface area contributed by atoms with Gasteiger partial charge in [0.25, 0.3) is 0 Å². The van der Waals surface area contributed by atoms with Crippen molar-refractivity contribution in [3.05, 3.63) is 28.2 Å². The van der Waals surface area contributed by atoms with Crippen LogP contribution < -0.4 is 10.2 Å². The summed E-state index contributed by atoms with van der Waals surface area (Å²) in [7, 11) is 5.92. The third-order valence-corrected chi connectivity index (χ3v) is 5.56. The third kappa shape index (κ3) is 3.72. The van der Waals surface area contributed by atoms with Crippen LogP contribution in [0.3, 0.4) is 0 Å². The first kappa shape index (κ1) is 15.8. The molecule has 108 valence electrons. The van der Waals surface area contributed by atoms with Crippen molar-refractivity contribution in [3.8, 4) is 0 Å². The van der Waals surface area contributed by atoms with Gasteiger partial charge in [-0.2, -0.15) is 0 Å². The van der Waals surface area contributed by atoms with Crippen molar-refractivity contribution in [1.82, 2.24) is 15.5 Å². The number of nitrogens with one attached hydrogen (secondary N) is 1. The van der Waals surface area contributed by atoms with Crippen molar-refractivity contribution >= 4 is 44.2 Å². The maximum Gasteiger partial charge on any atom is 0.208 e. The number of rotatable bonds is 5. The van der Waals surface area contributed by atoms with Crippen LogP contribution in [0.1, 0.15) is 18.5 Å². The Bertz CT molecular complexity index is 586. The average molecular weight is 373 g/mol. The van der Waals surface area contributed by atoms with Crippen LogP contribution >= 0.6 is 39.0 Å². The molecule has 1 heterocycles. The molecule has 4 nitrogen and oxygen atoms in total. The zero-order valence-electron chi connectivity index (χ0n) is 11.8. The first-order valence-electron chi connectivity index (χ1n) is 6.16. The quantitative estimate of drug-likeness (QED) is 0.864. The Hall–Kier alpha value is -0.630. The van der Waals surface area contributed by atoms with Crippen molar-refractivity contribution in [3.63, 3.8) is 0 Å². The van der Waals surface area contributed by atoms with Gasteiger partial charge in [0.15, 0.2) is 4.34 Å². The summed E-state index contributed by atoms with van der Waals surface area (Å²) < 4.78 is 2.03. The molecule has 0 radical (unpaired) electrons. The van der Waals surface area contributed by atoms with Gasteiger partial charge in [-0.1, -0.05) is 45.1 Å². The maximum absolute atomic E-state index is 4.24. The minimum Gasteiger partial charge on any atom is -0.353 e. The summed E-state index contributed by atoms with van der Waals surface area (Å²) in [5.74, 6) is 0. The molecule has 0 bridgehead atoms. The molecule has 1 atom stereocenters. The zero-order chi connectivity index (χ0) is 14.7. The standard InChI is InChI=1S/C13H17BrN4S2/c1-8(15-2)10-6-5-9(14)7-11(10)19-13-17-16-12(20-13)18(3)4/h5-8,15H,1-4H3. The first-order valence-corrected chi connectivity index (χ1v) is 8.59. The summed E-state index contributed by atoms with van der Waals surface area (Å²) in [5.41, 5.74) is 1.27. The smallest absolute Gasteiger partial charge is 0.208 e. The van der Waals surface area contributed by atoms with E-state index in [0.717, 1.165) is 13.9 Å². The fourth-order valence-electron chi connectivity index (χ4n) is 1.63. The average Bonchev–Trinajstić information content (AvgIpc) is 2.87. The monoisotopic (exact) mass is 372 g/mol. The molecule has 0 aliphatic carbocycles. The van der Waals surface area contributed by atoms with Gasteiger partial charge in [-0.3, -0.25) is 0 Å². The van der Waals surface area contributed by atoms with E-state index in [0.29, 0.717) is 6.04 Å². The Morgan fingerprint density at radius 2 is 2.10 bits per heavy atom. The van der Waals surface area contributed by atoms with E-state index < -0.39 is 0 Å². The van der Waals surface area contributed by atoms with E-state index in [2.05, 4.69) is 56.6 Å². The van der Waals surface area contributed by atoms with Gasteiger partial charge in [-0.15, -0.1) is 10.2 Å². The lowest BCUT2D eigenvalue weighted by Gasteiger charge is -2.15. The Morgan fingerprint density at radius 1 is 1.35 bits per heavy atom. The van der Waals surface area contributed by atoms with Crippen LogP contribution in [0.4, 0.5) is 5.13 Å². The second kappa shape index (κ2) is 6.89. The predicted molar refractivity (Wildman–Crippen MR) is 90.0 cm³/mol. The van der Waals surface area contributed by atoms with Gasteiger partial charge in [-0.05, 0) is 31.7 Å². The molecule has 0 saturated carbocycles. The van der Waals surface area contributed by atoms with E-state index in [-0.39, 0.29) is 0 Å². The van der Waals surface area contributed by atoms with E-state index in [1.807, 2.05) is 26.0 Å². The van der Waals surface area contributed by atoms with Crippen molar-refractivity contribution in [2.24, 2.45) is 0 Å². The van der Waals surface area contributed by atoms with Gasteiger partial charge < -0.3 is 10.2 Å². The molecule has 0 amide bonds. The van der Waals surface area contributed by atoms with Crippen LogP contribution in [0, 0.1) is 0 Å². The van der Waals surface area contributed by atoms with Crippen LogP contribution in [0.2, 0.25) is 0 Å². The van der Waals surface area contributed by atoms with Crippen LogP contribution in [0.25, 0.3) is 0 Å². The van der Waals surface area contributed by atoms with Crippen LogP contribution in [-0.4, -0.2) is 31.3 Å². The van der Waals surface area contributed by atoms with Crippen molar-refractivity contribution < 1.29 is 0 Å². The lowest BCUT2D eigenvalue weighted by Crippen LogP contribution is -2.13. The summed E-state index contributed by atoms with van der Waals surface area (Å²) >= 11 is 6.79. The highest BCUT2D eigenvalue weighted by molar-refractivity contribution is 9.10. The molecule has 7 heteroatoms. The molecule has 20 heavy (non-hydrogen) atoms. The number of hydrogen-bond donors (Lipinski definition) is 1. The Balaban J connectivity index is 2.29. The Kier molecular flexibility index (Phi) is 5.42. The molecule has 0 saturated heterocycles. The highest BCUT2D eigenvalue weighted by Gasteiger charge is 2.14. The number of hydrogen-bond acceptors (Lipinski definition) is 6. The van der Waals surface area contributed by atoms with Gasteiger partial charge in [-0.25, -0.2) is 0 Å². The number of benzene rings is 1. The van der Waals surface area contributed by atoms with E-state index in [1.165, 1.54) is 10.5 Å². The van der Waals surface area contributed by atoms with Gasteiger partial charge >= 0.3 is 0 Å². The van der Waals surface area contributed by atoms with Crippen LogP contribution in [0.15, 0.2) is 31.9 Å². The molecule has 1 aromatic heterocycles. The third-order valence-electron chi connectivity index (χ3n) is 2.85. The second-order valence-electron chi connectivity index (χ2n) is 4.54. The topological polar surface area (TPSA) is 41.1 Å². The minimum absolute atomic E-state index is 0.298. The molecule has 0 fully saturated rings. The zero-order valence-corrected chi connectivity index (χ0v) is 15.1. The number of aromatic nitrogens is 2.